The van der Waals surface area contributed by atoms with Gasteiger partial charge in [0.1, 0.15) is 0 Å². The Morgan fingerprint density at radius 2 is 1.95 bits per heavy atom. The lowest BCUT2D eigenvalue weighted by atomic mass is 10.1. The summed E-state index contributed by atoms with van der Waals surface area (Å²) in [6, 6.07) is 6.93. The van der Waals surface area contributed by atoms with Crippen molar-refractivity contribution in [3.8, 4) is 0 Å². The number of aromatic nitrogens is 2. The second-order valence-electron chi connectivity index (χ2n) is 5.38. The third-order valence-electron chi connectivity index (χ3n) is 3.50. The van der Waals surface area contributed by atoms with Crippen LogP contribution in [0.5, 0.6) is 0 Å². The highest BCUT2D eigenvalue weighted by Crippen LogP contribution is 2.13. The van der Waals surface area contributed by atoms with Gasteiger partial charge in [0.25, 0.3) is 11.5 Å². The molecule has 2 aromatic rings. The third kappa shape index (κ3) is 3.05. The molecule has 0 saturated carbocycles. The van der Waals surface area contributed by atoms with Gasteiger partial charge in [-0.15, -0.1) is 0 Å². The zero-order valence-electron chi connectivity index (χ0n) is 13.3. The van der Waals surface area contributed by atoms with Gasteiger partial charge in [-0.25, -0.2) is 10.1 Å². The maximum Gasteiger partial charge on any atom is 0.292 e. The molecule has 0 radical (unpaired) electrons. The van der Waals surface area contributed by atoms with Gasteiger partial charge in [0, 0.05) is 18.1 Å². The average Bonchev–Trinajstić information content (AvgIpc) is 2.51. The van der Waals surface area contributed by atoms with Gasteiger partial charge in [0.2, 0.25) is 0 Å². The van der Waals surface area contributed by atoms with E-state index in [1.807, 2.05) is 20.8 Å². The largest absolute Gasteiger partial charge is 0.292 e. The van der Waals surface area contributed by atoms with E-state index in [2.05, 4.69) is 15.6 Å². The van der Waals surface area contributed by atoms with Crippen molar-refractivity contribution < 1.29 is 4.79 Å². The third-order valence-corrected chi connectivity index (χ3v) is 3.50. The highest BCUT2D eigenvalue weighted by Gasteiger charge is 2.15. The second-order valence-corrected chi connectivity index (χ2v) is 5.38. The fourth-order valence-electron chi connectivity index (χ4n) is 2.26. The SMILES string of the molecule is CC/C(=N/NC(=O)c1nn(C)c(=O)c2ccccc12)C(C)C. The molecule has 1 aromatic carbocycles. The van der Waals surface area contributed by atoms with Gasteiger partial charge in [0.15, 0.2) is 5.69 Å². The van der Waals surface area contributed by atoms with Crippen molar-refractivity contribution in [3.63, 3.8) is 0 Å². The summed E-state index contributed by atoms with van der Waals surface area (Å²) in [5.41, 5.74) is 3.41. The van der Waals surface area contributed by atoms with E-state index in [1.54, 1.807) is 24.3 Å². The summed E-state index contributed by atoms with van der Waals surface area (Å²) in [4.78, 5) is 24.4. The van der Waals surface area contributed by atoms with Crippen LogP contribution in [0.2, 0.25) is 0 Å². The van der Waals surface area contributed by atoms with Crippen LogP contribution >= 0.6 is 0 Å². The Morgan fingerprint density at radius 3 is 2.55 bits per heavy atom. The molecule has 6 nitrogen and oxygen atoms in total. The van der Waals surface area contributed by atoms with Gasteiger partial charge < -0.3 is 0 Å². The summed E-state index contributed by atoms with van der Waals surface area (Å²) >= 11 is 0. The normalized spacial score (nSPS) is 12.0. The quantitative estimate of drug-likeness (QED) is 0.694. The number of carbonyl (C=O) groups is 1. The molecule has 1 aromatic heterocycles. The minimum atomic E-state index is -0.418. The monoisotopic (exact) mass is 300 g/mol. The number of fused-ring (bicyclic) bond motifs is 1. The summed E-state index contributed by atoms with van der Waals surface area (Å²) in [5, 5.41) is 9.23. The fourth-order valence-corrected chi connectivity index (χ4v) is 2.26. The molecule has 0 aliphatic carbocycles. The molecule has 0 aliphatic heterocycles. The summed E-state index contributed by atoms with van der Waals surface area (Å²) in [5.74, 6) is -0.159. The lowest BCUT2D eigenvalue weighted by Crippen LogP contribution is -2.28. The Labute approximate surface area is 128 Å². The molecule has 2 rings (SSSR count). The van der Waals surface area contributed by atoms with E-state index in [0.29, 0.717) is 10.8 Å². The topological polar surface area (TPSA) is 76.3 Å². The number of rotatable bonds is 4. The number of benzene rings is 1. The summed E-state index contributed by atoms with van der Waals surface area (Å²) in [6.07, 6.45) is 0.763. The van der Waals surface area contributed by atoms with Crippen LogP contribution in [0, 0.1) is 5.92 Å². The van der Waals surface area contributed by atoms with Crippen LogP contribution in [0.1, 0.15) is 37.7 Å². The Hall–Kier alpha value is -2.50. The number of hydrogen-bond acceptors (Lipinski definition) is 4. The van der Waals surface area contributed by atoms with Crippen LogP contribution < -0.4 is 11.0 Å². The van der Waals surface area contributed by atoms with Gasteiger partial charge in [0.05, 0.1) is 5.39 Å². The smallest absolute Gasteiger partial charge is 0.267 e. The molecule has 0 bridgehead atoms. The first-order chi connectivity index (χ1) is 10.5. The second kappa shape index (κ2) is 6.51. The van der Waals surface area contributed by atoms with Crippen LogP contribution in [0.15, 0.2) is 34.2 Å². The maximum absolute atomic E-state index is 12.4. The Kier molecular flexibility index (Phi) is 4.70. The van der Waals surface area contributed by atoms with Crippen LogP contribution in [-0.4, -0.2) is 21.4 Å². The number of nitrogens with one attached hydrogen (secondary N) is 1. The Morgan fingerprint density at radius 1 is 1.32 bits per heavy atom. The Balaban J connectivity index is 2.45. The zero-order chi connectivity index (χ0) is 16.3. The first-order valence-electron chi connectivity index (χ1n) is 7.28. The molecule has 6 heteroatoms. The number of hydrogen-bond donors (Lipinski definition) is 1. The Bertz CT molecular complexity index is 790. The molecule has 0 aliphatic rings. The number of hydrazone groups is 1. The van der Waals surface area contributed by atoms with Crippen molar-refractivity contribution in [2.45, 2.75) is 27.2 Å². The van der Waals surface area contributed by atoms with E-state index < -0.39 is 5.91 Å². The molecule has 1 amide bonds. The van der Waals surface area contributed by atoms with E-state index in [9.17, 15) is 9.59 Å². The minimum Gasteiger partial charge on any atom is -0.267 e. The van der Waals surface area contributed by atoms with E-state index >= 15 is 0 Å². The van der Waals surface area contributed by atoms with Gasteiger partial charge in [-0.05, 0) is 18.4 Å². The first-order valence-corrected chi connectivity index (χ1v) is 7.28. The number of nitrogens with zero attached hydrogens (tertiary/aromatic N) is 3. The molecule has 1 heterocycles. The lowest BCUT2D eigenvalue weighted by molar-refractivity contribution is 0.0949. The van der Waals surface area contributed by atoms with Crippen molar-refractivity contribution in [1.29, 1.82) is 0 Å². The van der Waals surface area contributed by atoms with Gasteiger partial charge in [-0.3, -0.25) is 9.59 Å². The van der Waals surface area contributed by atoms with Crippen LogP contribution in [0.4, 0.5) is 0 Å². The van der Waals surface area contributed by atoms with E-state index in [1.165, 1.54) is 11.7 Å². The van der Waals surface area contributed by atoms with Crippen LogP contribution in [0.25, 0.3) is 10.8 Å². The van der Waals surface area contributed by atoms with E-state index in [0.717, 1.165) is 12.1 Å². The van der Waals surface area contributed by atoms with Crippen LogP contribution in [-0.2, 0) is 7.05 Å². The fraction of sp³-hybridized carbons (Fsp3) is 0.375. The maximum atomic E-state index is 12.4. The van der Waals surface area contributed by atoms with Crippen molar-refractivity contribution in [2.24, 2.45) is 18.1 Å². The predicted octanol–water partition coefficient (Wildman–Crippen LogP) is 2.09. The molecule has 0 unspecified atom stereocenters. The van der Waals surface area contributed by atoms with Crippen molar-refractivity contribution >= 4 is 22.4 Å². The van der Waals surface area contributed by atoms with Gasteiger partial charge in [-0.2, -0.15) is 10.2 Å². The molecule has 22 heavy (non-hydrogen) atoms. The zero-order valence-corrected chi connectivity index (χ0v) is 13.3. The minimum absolute atomic E-state index is 0.195. The molecule has 116 valence electrons. The predicted molar refractivity (Wildman–Crippen MR) is 87.0 cm³/mol. The standard InChI is InChI=1S/C16H20N4O2/c1-5-13(10(2)3)17-18-15(21)14-11-8-6-7-9-12(11)16(22)20(4)19-14/h6-10H,5H2,1-4H3,(H,18,21)/b17-13-. The number of aryl methyl sites for hydroxylation is 1. The van der Waals surface area contributed by atoms with Crippen LogP contribution in [0.3, 0.4) is 0 Å². The molecule has 0 atom stereocenters. The highest BCUT2D eigenvalue weighted by atomic mass is 16.2. The first kappa shape index (κ1) is 15.9. The van der Waals surface area contributed by atoms with E-state index in [4.69, 9.17) is 0 Å². The number of amides is 1. The van der Waals surface area contributed by atoms with Crippen molar-refractivity contribution in [1.82, 2.24) is 15.2 Å². The van der Waals surface area contributed by atoms with Crippen molar-refractivity contribution in [3.05, 3.63) is 40.3 Å². The molecule has 1 N–H and O–H groups in total. The van der Waals surface area contributed by atoms with Gasteiger partial charge in [-0.1, -0.05) is 39.0 Å². The van der Waals surface area contributed by atoms with Gasteiger partial charge >= 0.3 is 0 Å². The molecule has 0 saturated heterocycles. The molecule has 0 spiro atoms. The lowest BCUT2D eigenvalue weighted by Gasteiger charge is -2.09. The number of carbonyl (C=O) groups excluding carboxylic acids is 1. The highest BCUT2D eigenvalue weighted by molar-refractivity contribution is 6.05. The van der Waals surface area contributed by atoms with Crippen molar-refractivity contribution in [2.75, 3.05) is 0 Å². The molecule has 0 fully saturated rings. The summed E-state index contributed by atoms with van der Waals surface area (Å²) in [6.45, 7) is 6.04. The summed E-state index contributed by atoms with van der Waals surface area (Å²) < 4.78 is 1.17. The average molecular weight is 300 g/mol. The molecular weight excluding hydrogens is 280 g/mol. The summed E-state index contributed by atoms with van der Waals surface area (Å²) in [7, 11) is 1.53. The molecular formula is C16H20N4O2. The van der Waals surface area contributed by atoms with E-state index in [-0.39, 0.29) is 17.2 Å².